The lowest BCUT2D eigenvalue weighted by Gasteiger charge is -2.36. The zero-order valence-electron chi connectivity index (χ0n) is 23.7. The van der Waals surface area contributed by atoms with E-state index in [2.05, 4.69) is 15.3 Å². The number of azide groups is 1. The fraction of sp³-hybridized carbons (Fsp3) is 0.552. The molecule has 234 valence electrons. The number of carbonyl (C=O) groups excluding carboxylic acids is 1. The third-order valence-electron chi connectivity index (χ3n) is 8.04. The Bertz CT molecular complexity index is 1400. The summed E-state index contributed by atoms with van der Waals surface area (Å²) in [6, 6.07) is 12.2. The lowest BCUT2D eigenvalue weighted by Crippen LogP contribution is -2.45. The number of sulfone groups is 1. The minimum Gasteiger partial charge on any atom is -0.469 e. The number of benzene rings is 2. The van der Waals surface area contributed by atoms with Gasteiger partial charge >= 0.3 is 12.1 Å². The van der Waals surface area contributed by atoms with Crippen molar-refractivity contribution >= 4 is 15.8 Å². The number of methoxy groups -OCH3 is 1. The summed E-state index contributed by atoms with van der Waals surface area (Å²) in [6.45, 7) is 0.583. The number of hydrogen-bond acceptors (Lipinski definition) is 8. The van der Waals surface area contributed by atoms with Crippen LogP contribution in [0.2, 0.25) is 0 Å². The summed E-state index contributed by atoms with van der Waals surface area (Å²) in [4.78, 5) is 16.0. The number of esters is 1. The van der Waals surface area contributed by atoms with Crippen LogP contribution in [-0.4, -0.2) is 59.1 Å². The van der Waals surface area contributed by atoms with E-state index >= 15 is 0 Å². The van der Waals surface area contributed by atoms with Crippen LogP contribution in [0, 0.1) is 11.8 Å². The third kappa shape index (κ3) is 8.27. The molecule has 0 amide bonds. The first kappa shape index (κ1) is 32.7. The van der Waals surface area contributed by atoms with Crippen molar-refractivity contribution in [2.75, 3.05) is 32.6 Å². The fourth-order valence-corrected chi connectivity index (χ4v) is 7.60. The Labute approximate surface area is 248 Å². The number of rotatable bonds is 12. The summed E-state index contributed by atoms with van der Waals surface area (Å²) in [5.41, 5.74) is 8.24. The number of carbonyl (C=O) groups is 1. The second-order valence-electron chi connectivity index (χ2n) is 10.8. The molecule has 1 saturated carbocycles. The van der Waals surface area contributed by atoms with Crippen molar-refractivity contribution < 1.29 is 40.6 Å². The van der Waals surface area contributed by atoms with E-state index in [1.807, 2.05) is 0 Å². The van der Waals surface area contributed by atoms with Gasteiger partial charge in [0.05, 0.1) is 42.5 Å². The number of nitrogens with zero attached hydrogens (tertiary/aromatic N) is 3. The second kappa shape index (κ2) is 14.1. The Morgan fingerprint density at radius 3 is 2.53 bits per heavy atom. The van der Waals surface area contributed by atoms with Gasteiger partial charge in [-0.3, -0.25) is 4.79 Å². The highest BCUT2D eigenvalue weighted by molar-refractivity contribution is 7.91. The van der Waals surface area contributed by atoms with Crippen LogP contribution in [0.1, 0.15) is 43.2 Å². The predicted molar refractivity (Wildman–Crippen MR) is 150 cm³/mol. The highest BCUT2D eigenvalue weighted by Gasteiger charge is 2.44. The highest BCUT2D eigenvalue weighted by Crippen LogP contribution is 2.41. The van der Waals surface area contributed by atoms with Crippen molar-refractivity contribution in [2.24, 2.45) is 17.0 Å². The van der Waals surface area contributed by atoms with Crippen LogP contribution in [0.25, 0.3) is 10.4 Å². The summed E-state index contributed by atoms with van der Waals surface area (Å²) in [5.74, 6) is -3.42. The molecule has 14 heteroatoms. The summed E-state index contributed by atoms with van der Waals surface area (Å²) >= 11 is 0. The van der Waals surface area contributed by atoms with Gasteiger partial charge in [0.25, 0.3) is 0 Å². The molecular formula is C29H35F3N4O6S. The van der Waals surface area contributed by atoms with Crippen LogP contribution >= 0.6 is 0 Å². The molecule has 4 rings (SSSR count). The smallest absolute Gasteiger partial charge is 0.416 e. The second-order valence-corrected chi connectivity index (χ2v) is 12.9. The van der Waals surface area contributed by atoms with Gasteiger partial charge in [-0.2, -0.15) is 13.2 Å². The Kier molecular flexibility index (Phi) is 10.7. The minimum absolute atomic E-state index is 0.0713. The monoisotopic (exact) mass is 624 g/mol. The number of ether oxygens (including phenoxy) is 3. The van der Waals surface area contributed by atoms with Crippen molar-refractivity contribution in [1.82, 2.24) is 5.32 Å². The average molecular weight is 625 g/mol. The van der Waals surface area contributed by atoms with E-state index in [-0.39, 0.29) is 66.8 Å². The molecule has 0 aromatic heterocycles. The standard InChI is InChI=1S/C29H35F3N4O6S/c1-40-27(37)20(18-28(41-14-15-42-28)22-6-5-7-23(17-22)29(30,31)32)12-13-34-26-11-10-24(35-36-33)16-21(26)19-43(38,39)25-8-3-2-4-9-25/h2-9,17,20-21,24,26,34H,10-16,18-19H2,1H3/t20?,21-,24+,26+/m1/s1. The van der Waals surface area contributed by atoms with E-state index in [4.69, 9.17) is 19.7 Å². The molecule has 1 unspecified atom stereocenters. The van der Waals surface area contributed by atoms with Crippen LogP contribution in [0.3, 0.4) is 0 Å². The number of nitrogens with one attached hydrogen (secondary N) is 1. The summed E-state index contributed by atoms with van der Waals surface area (Å²) in [6.07, 6.45) is -2.89. The fourth-order valence-electron chi connectivity index (χ4n) is 5.90. The Hall–Kier alpha value is -3.16. The van der Waals surface area contributed by atoms with Gasteiger partial charge in [-0.05, 0) is 67.9 Å². The molecule has 43 heavy (non-hydrogen) atoms. The van der Waals surface area contributed by atoms with Gasteiger partial charge < -0.3 is 19.5 Å². The molecular weight excluding hydrogens is 589 g/mol. The van der Waals surface area contributed by atoms with E-state index in [9.17, 15) is 26.4 Å². The highest BCUT2D eigenvalue weighted by atomic mass is 32.2. The van der Waals surface area contributed by atoms with E-state index in [1.54, 1.807) is 30.3 Å². The van der Waals surface area contributed by atoms with Crippen molar-refractivity contribution in [3.05, 3.63) is 76.2 Å². The van der Waals surface area contributed by atoms with Crippen LogP contribution in [0.4, 0.5) is 13.2 Å². The van der Waals surface area contributed by atoms with Gasteiger partial charge in [-0.15, -0.1) is 0 Å². The lowest BCUT2D eigenvalue weighted by molar-refractivity contribution is -0.187. The van der Waals surface area contributed by atoms with Gasteiger partial charge in [-0.1, -0.05) is 35.4 Å². The van der Waals surface area contributed by atoms with Crippen molar-refractivity contribution in [1.29, 1.82) is 0 Å². The first-order chi connectivity index (χ1) is 20.5. The van der Waals surface area contributed by atoms with Gasteiger partial charge in [-0.25, -0.2) is 8.42 Å². The zero-order valence-corrected chi connectivity index (χ0v) is 24.5. The Balaban J connectivity index is 1.48. The normalized spacial score (nSPS) is 22.8. The van der Waals surface area contributed by atoms with Crippen LogP contribution < -0.4 is 5.32 Å². The predicted octanol–water partition coefficient (Wildman–Crippen LogP) is 5.39. The van der Waals surface area contributed by atoms with E-state index in [0.29, 0.717) is 19.3 Å². The summed E-state index contributed by atoms with van der Waals surface area (Å²) < 4.78 is 83.4. The molecule has 2 aromatic carbocycles. The van der Waals surface area contributed by atoms with E-state index in [0.717, 1.165) is 12.1 Å². The van der Waals surface area contributed by atoms with Gasteiger partial charge in [0.2, 0.25) is 0 Å². The molecule has 2 aliphatic rings. The number of halogens is 3. The number of alkyl halides is 3. The van der Waals surface area contributed by atoms with Gasteiger partial charge in [0.15, 0.2) is 15.6 Å². The molecule has 0 radical (unpaired) electrons. The third-order valence-corrected chi connectivity index (χ3v) is 9.90. The van der Waals surface area contributed by atoms with Crippen molar-refractivity contribution in [3.8, 4) is 0 Å². The molecule has 1 heterocycles. The Morgan fingerprint density at radius 2 is 1.88 bits per heavy atom. The van der Waals surface area contributed by atoms with Crippen molar-refractivity contribution in [2.45, 2.75) is 61.0 Å². The first-order valence-electron chi connectivity index (χ1n) is 14.1. The summed E-state index contributed by atoms with van der Waals surface area (Å²) in [7, 11) is -2.39. The SMILES string of the molecule is COC(=O)C(CCN[C@H]1CC[C@H](N=[N+]=[N-])C[C@@H]1CS(=O)(=O)c1ccccc1)CC1(c2cccc(C(F)(F)F)c2)OCCO1. The minimum atomic E-state index is -4.57. The molecule has 2 aromatic rings. The first-order valence-corrected chi connectivity index (χ1v) is 15.7. The molecule has 10 nitrogen and oxygen atoms in total. The van der Waals surface area contributed by atoms with Crippen LogP contribution in [0.5, 0.6) is 0 Å². The molecule has 1 aliphatic heterocycles. The van der Waals surface area contributed by atoms with Crippen LogP contribution in [0.15, 0.2) is 64.6 Å². The van der Waals surface area contributed by atoms with E-state index < -0.39 is 39.3 Å². The largest absolute Gasteiger partial charge is 0.469 e. The summed E-state index contributed by atoms with van der Waals surface area (Å²) in [5, 5.41) is 7.21. The van der Waals surface area contributed by atoms with Crippen molar-refractivity contribution in [3.63, 3.8) is 0 Å². The van der Waals surface area contributed by atoms with Gasteiger partial charge in [0, 0.05) is 29.0 Å². The molecule has 1 saturated heterocycles. The maximum atomic E-state index is 13.4. The zero-order chi connectivity index (χ0) is 31.1. The molecule has 1 N–H and O–H groups in total. The van der Waals surface area contributed by atoms with Gasteiger partial charge in [0.1, 0.15) is 0 Å². The Morgan fingerprint density at radius 1 is 1.16 bits per heavy atom. The molecule has 1 aliphatic carbocycles. The topological polar surface area (TPSA) is 140 Å². The average Bonchev–Trinajstić information content (AvgIpc) is 3.47. The molecule has 2 fully saturated rings. The quantitative estimate of drug-likeness (QED) is 0.145. The maximum absolute atomic E-state index is 13.4. The number of hydrogen-bond donors (Lipinski definition) is 1. The maximum Gasteiger partial charge on any atom is 0.416 e. The lowest BCUT2D eigenvalue weighted by atomic mass is 9.82. The molecule has 0 bridgehead atoms. The molecule has 0 spiro atoms. The van der Waals surface area contributed by atoms with Crippen LogP contribution in [-0.2, 0) is 40.8 Å². The van der Waals surface area contributed by atoms with E-state index in [1.165, 1.54) is 19.2 Å². The molecule has 4 atom stereocenters.